The highest BCUT2D eigenvalue weighted by Crippen LogP contribution is 2.23. The molecule has 2 aliphatic rings. The Morgan fingerprint density at radius 3 is 2.57 bits per heavy atom. The second kappa shape index (κ2) is 4.40. The van der Waals surface area contributed by atoms with Crippen LogP contribution in [0.15, 0.2) is 4.99 Å². The molecule has 1 saturated heterocycles. The number of nitrogens with zero attached hydrogens (tertiary/aromatic N) is 2. The number of rotatable bonds is 1. The average molecular weight is 215 g/mol. The topological polar surface area (TPSA) is 61.9 Å². The van der Waals surface area contributed by atoms with Gasteiger partial charge in [0.1, 0.15) is 0 Å². The van der Waals surface area contributed by atoms with Gasteiger partial charge in [-0.15, -0.1) is 0 Å². The number of hydrogen-bond acceptors (Lipinski definition) is 3. The Morgan fingerprint density at radius 1 is 1.36 bits per heavy atom. The molecule has 14 heavy (non-hydrogen) atoms. The summed E-state index contributed by atoms with van der Waals surface area (Å²) in [7, 11) is 0. The smallest absolute Gasteiger partial charge is 0.191 e. The quantitative estimate of drug-likeness (QED) is 0.472. The molecule has 0 radical (unpaired) electrons. The van der Waals surface area contributed by atoms with Crippen molar-refractivity contribution in [1.82, 2.24) is 4.90 Å². The maximum Gasteiger partial charge on any atom is 0.191 e. The zero-order valence-corrected chi connectivity index (χ0v) is 9.04. The first-order valence-electron chi connectivity index (χ1n) is 5.10. The minimum Gasteiger partial charge on any atom is -0.393 e. The molecule has 0 aromatic carbocycles. The van der Waals surface area contributed by atoms with Gasteiger partial charge in [0.05, 0.1) is 12.1 Å². The van der Waals surface area contributed by atoms with Crippen LogP contribution in [-0.2, 0) is 0 Å². The van der Waals surface area contributed by atoms with Crippen molar-refractivity contribution in [3.05, 3.63) is 0 Å². The zero-order valence-electron chi connectivity index (χ0n) is 8.22. The first kappa shape index (κ1) is 10.1. The fourth-order valence-electron chi connectivity index (χ4n) is 1.73. The van der Waals surface area contributed by atoms with Crippen molar-refractivity contribution in [2.24, 2.45) is 10.7 Å². The lowest BCUT2D eigenvalue weighted by Gasteiger charge is -2.32. The molecule has 3 N–H and O–H groups in total. The van der Waals surface area contributed by atoms with Crippen molar-refractivity contribution in [3.63, 3.8) is 0 Å². The summed E-state index contributed by atoms with van der Waals surface area (Å²) in [6.45, 7) is 2.02. The molecular weight excluding hydrogens is 198 g/mol. The molecule has 2 rings (SSSR count). The highest BCUT2D eigenvalue weighted by Gasteiger charge is 2.27. The molecule has 0 aromatic rings. The van der Waals surface area contributed by atoms with E-state index in [1.165, 1.54) is 0 Å². The van der Waals surface area contributed by atoms with Crippen molar-refractivity contribution in [1.29, 1.82) is 0 Å². The van der Waals surface area contributed by atoms with Crippen LogP contribution < -0.4 is 5.73 Å². The van der Waals surface area contributed by atoms with E-state index in [0.29, 0.717) is 5.96 Å². The SMILES string of the molecule is NC(=NC1CC(O)C1)N1CCSCC1. The summed E-state index contributed by atoms with van der Waals surface area (Å²) in [4.78, 5) is 6.55. The van der Waals surface area contributed by atoms with Gasteiger partial charge in [-0.25, -0.2) is 4.99 Å². The molecule has 0 amide bonds. The molecule has 1 aliphatic carbocycles. The van der Waals surface area contributed by atoms with Gasteiger partial charge in [-0.3, -0.25) is 0 Å². The zero-order chi connectivity index (χ0) is 9.97. The molecule has 1 heterocycles. The lowest BCUT2D eigenvalue weighted by atomic mass is 9.90. The lowest BCUT2D eigenvalue weighted by Crippen LogP contribution is -2.44. The largest absolute Gasteiger partial charge is 0.393 e. The maximum absolute atomic E-state index is 9.11. The summed E-state index contributed by atoms with van der Waals surface area (Å²) in [6, 6.07) is 0.263. The van der Waals surface area contributed by atoms with Crippen LogP contribution in [0.4, 0.5) is 0 Å². The molecule has 4 nitrogen and oxygen atoms in total. The monoisotopic (exact) mass is 215 g/mol. The van der Waals surface area contributed by atoms with Gasteiger partial charge in [-0.1, -0.05) is 0 Å². The van der Waals surface area contributed by atoms with Crippen LogP contribution in [0.3, 0.4) is 0 Å². The molecule has 1 aliphatic heterocycles. The van der Waals surface area contributed by atoms with E-state index in [1.54, 1.807) is 0 Å². The van der Waals surface area contributed by atoms with Gasteiger partial charge in [-0.2, -0.15) is 11.8 Å². The summed E-state index contributed by atoms with van der Waals surface area (Å²) in [5, 5.41) is 9.11. The minimum atomic E-state index is -0.145. The second-order valence-corrected chi connectivity index (χ2v) is 5.09. The molecule has 0 unspecified atom stereocenters. The Bertz CT molecular complexity index is 222. The average Bonchev–Trinajstić information content (AvgIpc) is 2.17. The van der Waals surface area contributed by atoms with E-state index in [2.05, 4.69) is 9.89 Å². The van der Waals surface area contributed by atoms with Crippen LogP contribution in [0.5, 0.6) is 0 Å². The third-order valence-corrected chi connectivity index (χ3v) is 3.68. The van der Waals surface area contributed by atoms with Gasteiger partial charge >= 0.3 is 0 Å². The van der Waals surface area contributed by atoms with Gasteiger partial charge in [0, 0.05) is 24.6 Å². The summed E-state index contributed by atoms with van der Waals surface area (Å²) in [5.41, 5.74) is 5.89. The van der Waals surface area contributed by atoms with Gasteiger partial charge < -0.3 is 15.7 Å². The molecule has 0 atom stereocenters. The van der Waals surface area contributed by atoms with Crippen LogP contribution in [0.1, 0.15) is 12.8 Å². The van der Waals surface area contributed by atoms with Gasteiger partial charge in [-0.05, 0) is 12.8 Å². The summed E-state index contributed by atoms with van der Waals surface area (Å²) >= 11 is 1.96. The third kappa shape index (κ3) is 2.33. The standard InChI is InChI=1S/C9H17N3OS/c10-9(11-7-5-8(13)6-7)12-1-3-14-4-2-12/h7-8,13H,1-6H2,(H2,10,11). The fraction of sp³-hybridized carbons (Fsp3) is 0.889. The van der Waals surface area contributed by atoms with E-state index in [0.717, 1.165) is 37.4 Å². The molecule has 1 saturated carbocycles. The predicted molar refractivity (Wildman–Crippen MR) is 59.5 cm³/mol. The number of hydrogen-bond donors (Lipinski definition) is 2. The first-order valence-corrected chi connectivity index (χ1v) is 6.25. The van der Waals surface area contributed by atoms with E-state index in [4.69, 9.17) is 10.8 Å². The molecule has 0 spiro atoms. The van der Waals surface area contributed by atoms with Crippen LogP contribution in [0.2, 0.25) is 0 Å². The van der Waals surface area contributed by atoms with Gasteiger partial charge in [0.15, 0.2) is 5.96 Å². The first-order chi connectivity index (χ1) is 6.75. The predicted octanol–water partition coefficient (Wildman–Crippen LogP) is -0.127. The summed E-state index contributed by atoms with van der Waals surface area (Å²) in [6.07, 6.45) is 1.42. The van der Waals surface area contributed by atoms with E-state index in [1.807, 2.05) is 11.8 Å². The minimum absolute atomic E-state index is 0.145. The second-order valence-electron chi connectivity index (χ2n) is 3.87. The van der Waals surface area contributed by atoms with Crippen LogP contribution >= 0.6 is 11.8 Å². The van der Waals surface area contributed by atoms with Gasteiger partial charge in [0.2, 0.25) is 0 Å². The molecule has 0 bridgehead atoms. The normalized spacial score (nSPS) is 34.1. The molecule has 80 valence electrons. The lowest BCUT2D eigenvalue weighted by molar-refractivity contribution is 0.0773. The highest BCUT2D eigenvalue weighted by atomic mass is 32.2. The number of aliphatic hydroxyl groups is 1. The Hall–Kier alpha value is -0.420. The number of nitrogens with two attached hydrogens (primary N) is 1. The Morgan fingerprint density at radius 2 is 2.00 bits per heavy atom. The van der Waals surface area contributed by atoms with Crippen LogP contribution in [0.25, 0.3) is 0 Å². The highest BCUT2D eigenvalue weighted by molar-refractivity contribution is 7.99. The fourth-order valence-corrected chi connectivity index (χ4v) is 2.63. The van der Waals surface area contributed by atoms with Gasteiger partial charge in [0.25, 0.3) is 0 Å². The third-order valence-electron chi connectivity index (χ3n) is 2.74. The van der Waals surface area contributed by atoms with E-state index in [-0.39, 0.29) is 12.1 Å². The molecular formula is C9H17N3OS. The van der Waals surface area contributed by atoms with Crippen molar-refractivity contribution in [2.75, 3.05) is 24.6 Å². The van der Waals surface area contributed by atoms with Crippen LogP contribution in [-0.4, -0.2) is 52.7 Å². The molecule has 2 fully saturated rings. The van der Waals surface area contributed by atoms with E-state index < -0.39 is 0 Å². The van der Waals surface area contributed by atoms with Crippen molar-refractivity contribution >= 4 is 17.7 Å². The maximum atomic E-state index is 9.11. The molecule has 0 aromatic heterocycles. The number of aliphatic hydroxyl groups excluding tert-OH is 1. The Balaban J connectivity index is 1.83. The Labute approximate surface area is 88.6 Å². The number of thioether (sulfide) groups is 1. The molecule has 5 heteroatoms. The van der Waals surface area contributed by atoms with E-state index >= 15 is 0 Å². The van der Waals surface area contributed by atoms with Crippen LogP contribution in [0, 0.1) is 0 Å². The van der Waals surface area contributed by atoms with E-state index in [9.17, 15) is 0 Å². The summed E-state index contributed by atoms with van der Waals surface area (Å²) < 4.78 is 0. The van der Waals surface area contributed by atoms with Crippen molar-refractivity contribution < 1.29 is 5.11 Å². The number of aliphatic imine (C=N–C) groups is 1. The van der Waals surface area contributed by atoms with Crippen molar-refractivity contribution in [2.45, 2.75) is 25.0 Å². The number of guanidine groups is 1. The Kier molecular flexibility index (Phi) is 3.18. The summed E-state index contributed by atoms with van der Waals surface area (Å²) in [5.74, 6) is 2.95. The van der Waals surface area contributed by atoms with Crippen molar-refractivity contribution in [3.8, 4) is 0 Å².